The Kier molecular flexibility index (Phi) is 7.81. The van der Waals surface area contributed by atoms with Gasteiger partial charge in [-0.3, -0.25) is 4.79 Å². The maximum atomic E-state index is 12.3. The van der Waals surface area contributed by atoms with Crippen molar-refractivity contribution < 1.29 is 9.53 Å². The molecular formula is C15H14Cl2LiO2P. The predicted octanol–water partition coefficient (Wildman–Crippen LogP) is 3.89. The molecule has 0 fully saturated rings. The second kappa shape index (κ2) is 8.84. The van der Waals surface area contributed by atoms with Gasteiger partial charge in [-0.25, -0.2) is 0 Å². The molecule has 1 unspecified atom stereocenters. The topological polar surface area (TPSA) is 26.3 Å². The molecule has 0 radical (unpaired) electrons. The van der Waals surface area contributed by atoms with Crippen LogP contribution in [-0.2, 0) is 0 Å². The van der Waals surface area contributed by atoms with Crippen LogP contribution in [0.2, 0.25) is 10.0 Å². The van der Waals surface area contributed by atoms with Gasteiger partial charge in [-0.15, -0.1) is 0 Å². The Balaban J connectivity index is 0.00000220. The Labute approximate surface area is 148 Å². The molecule has 0 aliphatic rings. The maximum absolute atomic E-state index is 12.3. The number of halogens is 2. The van der Waals surface area contributed by atoms with Crippen molar-refractivity contribution in [2.24, 2.45) is 0 Å². The zero-order valence-corrected chi connectivity index (χ0v) is 13.3. The molecule has 106 valence electrons. The molecule has 21 heavy (non-hydrogen) atoms. The number of carbonyl (C=O) groups excluding carboxylic acids is 1. The van der Waals surface area contributed by atoms with E-state index in [2.05, 4.69) is 0 Å². The second-order valence-corrected chi connectivity index (χ2v) is 6.10. The van der Waals surface area contributed by atoms with Crippen molar-refractivity contribution in [2.75, 3.05) is 6.61 Å². The van der Waals surface area contributed by atoms with Crippen molar-refractivity contribution in [3.8, 4) is 5.75 Å². The average Bonchev–Trinajstić information content (AvgIpc) is 2.41. The van der Waals surface area contributed by atoms with Crippen LogP contribution < -0.4 is 10.0 Å². The fraction of sp³-hybridized carbons (Fsp3) is 0.133. The first kappa shape index (κ1) is 18.6. The molecule has 2 aromatic carbocycles. The van der Waals surface area contributed by atoms with Crippen LogP contribution in [0, 0.1) is 0 Å². The Morgan fingerprint density at radius 3 is 2.19 bits per heavy atom. The van der Waals surface area contributed by atoms with Crippen LogP contribution in [0.5, 0.6) is 5.75 Å². The molecule has 0 spiro atoms. The third-order valence-corrected chi connectivity index (χ3v) is 4.34. The molecule has 0 heterocycles. The van der Waals surface area contributed by atoms with Gasteiger partial charge in [0.25, 0.3) is 0 Å². The van der Waals surface area contributed by atoms with Crippen LogP contribution in [0.25, 0.3) is 0 Å². The van der Waals surface area contributed by atoms with Crippen molar-refractivity contribution in [3.05, 3.63) is 58.1 Å². The number of ether oxygens (including phenoxy) is 1. The molecule has 0 N–H and O–H groups in total. The zero-order chi connectivity index (χ0) is 14.5. The van der Waals surface area contributed by atoms with E-state index in [-0.39, 0.29) is 33.0 Å². The summed E-state index contributed by atoms with van der Waals surface area (Å²) in [5.41, 5.74) is 0.327. The summed E-state index contributed by atoms with van der Waals surface area (Å²) < 4.78 is 5.36. The molecule has 0 aromatic heterocycles. The van der Waals surface area contributed by atoms with Crippen LogP contribution in [0.1, 0.15) is 17.3 Å². The summed E-state index contributed by atoms with van der Waals surface area (Å²) in [6.07, 6.45) is 0. The summed E-state index contributed by atoms with van der Waals surface area (Å²) in [6.45, 7) is 2.55. The van der Waals surface area contributed by atoms with E-state index in [1.165, 1.54) is 0 Å². The normalized spacial score (nSPS) is 10.4. The number of rotatable bonds is 5. The Bertz CT molecular complexity index is 597. The Hall–Kier alpha value is -0.483. The first-order valence-electron chi connectivity index (χ1n) is 6.10. The predicted molar refractivity (Wildman–Crippen MR) is 93.5 cm³/mol. The molecule has 0 amide bonds. The molecule has 1 atom stereocenters. The standard InChI is InChI=1S/C15H13Cl2O2P.Li.H/c1-2-19-10-6-8-11(9-7-10)20-15(18)14-12(16)4-3-5-13(14)17;;/h3-9,20H,2H2,1H3;;. The third kappa shape index (κ3) is 5.03. The summed E-state index contributed by atoms with van der Waals surface area (Å²) in [5.74, 6) is 0.796. The van der Waals surface area contributed by atoms with Gasteiger partial charge in [-0.1, -0.05) is 41.4 Å². The molecule has 0 bridgehead atoms. The van der Waals surface area contributed by atoms with Crippen molar-refractivity contribution >= 4 is 61.5 Å². The fourth-order valence-corrected chi connectivity index (χ4v) is 3.43. The molecule has 0 saturated heterocycles. The van der Waals surface area contributed by atoms with E-state index in [1.807, 2.05) is 31.2 Å². The molecule has 2 aromatic rings. The SMILES string of the molecule is CCOc1ccc(PC(=O)c2c(Cl)cccc2Cl)cc1.[LiH]. The van der Waals surface area contributed by atoms with Crippen molar-refractivity contribution in [1.82, 2.24) is 0 Å². The summed E-state index contributed by atoms with van der Waals surface area (Å²) in [5, 5.41) is 1.70. The van der Waals surface area contributed by atoms with E-state index >= 15 is 0 Å². The van der Waals surface area contributed by atoms with E-state index in [9.17, 15) is 4.79 Å². The number of benzene rings is 2. The summed E-state index contributed by atoms with van der Waals surface area (Å²) in [6, 6.07) is 12.5. The number of hydrogen-bond donors (Lipinski definition) is 0. The van der Waals surface area contributed by atoms with Crippen molar-refractivity contribution in [3.63, 3.8) is 0 Å². The quantitative estimate of drug-likeness (QED) is 0.612. The Morgan fingerprint density at radius 1 is 1.10 bits per heavy atom. The van der Waals surface area contributed by atoms with Crippen molar-refractivity contribution in [2.45, 2.75) is 6.92 Å². The summed E-state index contributed by atoms with van der Waals surface area (Å²) in [7, 11) is -0.0164. The van der Waals surface area contributed by atoms with Gasteiger partial charge in [0.05, 0.1) is 22.2 Å². The molecule has 2 nitrogen and oxygen atoms in total. The molecule has 6 heteroatoms. The van der Waals surface area contributed by atoms with Gasteiger partial charge in [0.1, 0.15) is 5.75 Å². The summed E-state index contributed by atoms with van der Waals surface area (Å²) >= 11 is 12.1. The first-order chi connectivity index (χ1) is 9.61. The third-order valence-electron chi connectivity index (χ3n) is 2.61. The van der Waals surface area contributed by atoms with Crippen LogP contribution in [0.4, 0.5) is 0 Å². The van der Waals surface area contributed by atoms with E-state index in [0.717, 1.165) is 11.1 Å². The van der Waals surface area contributed by atoms with Gasteiger partial charge in [0.15, 0.2) is 5.52 Å². The van der Waals surface area contributed by atoms with Gasteiger partial charge in [-0.2, -0.15) is 0 Å². The van der Waals surface area contributed by atoms with E-state index in [4.69, 9.17) is 27.9 Å². The van der Waals surface area contributed by atoms with Crippen molar-refractivity contribution in [1.29, 1.82) is 0 Å². The molecule has 0 saturated carbocycles. The first-order valence-corrected chi connectivity index (χ1v) is 7.85. The van der Waals surface area contributed by atoms with E-state index in [0.29, 0.717) is 22.2 Å². The molecule has 0 aliphatic heterocycles. The number of hydrogen-bond acceptors (Lipinski definition) is 2. The second-order valence-electron chi connectivity index (χ2n) is 4.01. The zero-order valence-electron chi connectivity index (χ0n) is 10.8. The van der Waals surface area contributed by atoms with Crippen LogP contribution in [0.15, 0.2) is 42.5 Å². The van der Waals surface area contributed by atoms with Gasteiger partial charge in [-0.05, 0) is 45.1 Å². The van der Waals surface area contributed by atoms with Gasteiger partial charge in [0, 0.05) is 0 Å². The Morgan fingerprint density at radius 2 is 1.67 bits per heavy atom. The molecular weight excluding hydrogens is 321 g/mol. The molecule has 0 aliphatic carbocycles. The van der Waals surface area contributed by atoms with Gasteiger partial charge < -0.3 is 4.74 Å². The van der Waals surface area contributed by atoms with Gasteiger partial charge in [0.2, 0.25) is 0 Å². The fourth-order valence-electron chi connectivity index (χ4n) is 1.71. The van der Waals surface area contributed by atoms with Gasteiger partial charge >= 0.3 is 18.9 Å². The monoisotopic (exact) mass is 334 g/mol. The molecule has 2 rings (SSSR count). The van der Waals surface area contributed by atoms with Crippen LogP contribution in [0.3, 0.4) is 0 Å². The van der Waals surface area contributed by atoms with E-state index in [1.54, 1.807) is 18.2 Å². The van der Waals surface area contributed by atoms with Crippen LogP contribution >= 0.6 is 31.8 Å². The minimum absolute atomic E-state index is 0. The average molecular weight is 335 g/mol. The minimum atomic E-state index is -0.0650. The van der Waals surface area contributed by atoms with Crippen LogP contribution in [-0.4, -0.2) is 31.0 Å². The number of carbonyl (C=O) groups is 1. The van der Waals surface area contributed by atoms with E-state index < -0.39 is 0 Å². The summed E-state index contributed by atoms with van der Waals surface area (Å²) in [4.78, 5) is 12.3.